The molecule has 2 aliphatic heterocycles. The predicted octanol–water partition coefficient (Wildman–Crippen LogP) is 6.54. The van der Waals surface area contributed by atoms with E-state index in [1.54, 1.807) is 12.1 Å². The average molecular weight is 510 g/mol. The van der Waals surface area contributed by atoms with Crippen LogP contribution in [-0.2, 0) is 5.41 Å². The number of aryl methyl sites for hydroxylation is 1. The molecule has 1 spiro atoms. The molecule has 1 fully saturated rings. The smallest absolute Gasteiger partial charge is 0.258 e. The van der Waals surface area contributed by atoms with Crippen molar-refractivity contribution in [2.75, 3.05) is 31.1 Å². The number of nitrogens with zero attached hydrogens (tertiary/aromatic N) is 3. The zero-order chi connectivity index (χ0) is 24.6. The number of pyridine rings is 1. The molecule has 180 valence electrons. The third kappa shape index (κ3) is 4.86. The van der Waals surface area contributed by atoms with Crippen molar-refractivity contribution in [3.8, 4) is 0 Å². The number of rotatable bonds is 4. The summed E-state index contributed by atoms with van der Waals surface area (Å²) in [4.78, 5) is 21.2. The molecule has 2 aliphatic rings. The van der Waals surface area contributed by atoms with Crippen LogP contribution in [0.25, 0.3) is 6.08 Å². The first-order valence-corrected chi connectivity index (χ1v) is 12.5. The van der Waals surface area contributed by atoms with Crippen molar-refractivity contribution in [3.63, 3.8) is 0 Å². The van der Waals surface area contributed by atoms with Crippen molar-refractivity contribution in [1.29, 1.82) is 0 Å². The lowest BCUT2D eigenvalue weighted by molar-refractivity contribution is 0.0977. The lowest BCUT2D eigenvalue weighted by atomic mass is 9.74. The summed E-state index contributed by atoms with van der Waals surface area (Å²) in [6.45, 7) is 5.41. The lowest BCUT2D eigenvalue weighted by Gasteiger charge is -2.39. The SMILES string of the molecule is Cc1ccc2c(c1)C1(CCN(CC=Cc3ccc(Cl)c(Cl)c3)CC1)CN2C(=O)c1ccnc(F)c1. The highest BCUT2D eigenvalue weighted by atomic mass is 35.5. The fourth-order valence-electron chi connectivity index (χ4n) is 5.20. The second kappa shape index (κ2) is 9.73. The number of likely N-dealkylation sites (tertiary alicyclic amines) is 1. The summed E-state index contributed by atoms with van der Waals surface area (Å²) in [6.07, 6.45) is 7.47. The van der Waals surface area contributed by atoms with Gasteiger partial charge in [0.1, 0.15) is 0 Å². The minimum absolute atomic E-state index is 0.0908. The van der Waals surface area contributed by atoms with Gasteiger partial charge in [-0.15, -0.1) is 0 Å². The Kier molecular flexibility index (Phi) is 6.67. The first-order valence-electron chi connectivity index (χ1n) is 11.7. The number of carbonyl (C=O) groups is 1. The number of anilines is 1. The van der Waals surface area contributed by atoms with E-state index in [0.29, 0.717) is 22.2 Å². The molecule has 3 aromatic rings. The Morgan fingerprint density at radius 1 is 1.09 bits per heavy atom. The highest BCUT2D eigenvalue weighted by molar-refractivity contribution is 6.42. The standard InChI is InChI=1S/C28H26Cl2FN3O/c1-19-4-7-25-22(15-19)28(18-34(25)27(35)21-8-11-32-26(31)17-21)9-13-33(14-10-28)12-2-3-20-5-6-23(29)24(30)16-20/h2-8,11,15-17H,9-10,12-14,18H2,1H3. The van der Waals surface area contributed by atoms with E-state index in [2.05, 4.69) is 35.0 Å². The van der Waals surface area contributed by atoms with Crippen LogP contribution in [0.4, 0.5) is 10.1 Å². The molecule has 0 N–H and O–H groups in total. The van der Waals surface area contributed by atoms with Crippen LogP contribution in [0.5, 0.6) is 0 Å². The van der Waals surface area contributed by atoms with E-state index in [9.17, 15) is 9.18 Å². The van der Waals surface area contributed by atoms with Crippen molar-refractivity contribution >= 4 is 40.9 Å². The van der Waals surface area contributed by atoms with Gasteiger partial charge in [0.2, 0.25) is 5.95 Å². The van der Waals surface area contributed by atoms with Crippen LogP contribution in [0.3, 0.4) is 0 Å². The van der Waals surface area contributed by atoms with E-state index in [-0.39, 0.29) is 11.3 Å². The number of hydrogen-bond acceptors (Lipinski definition) is 3. The van der Waals surface area contributed by atoms with Gasteiger partial charge in [0.05, 0.1) is 10.0 Å². The molecular formula is C28H26Cl2FN3O. The Morgan fingerprint density at radius 2 is 1.89 bits per heavy atom. The highest BCUT2D eigenvalue weighted by Gasteiger charge is 2.46. The van der Waals surface area contributed by atoms with Gasteiger partial charge in [0.25, 0.3) is 5.91 Å². The molecular weight excluding hydrogens is 484 g/mol. The Labute approximate surface area is 215 Å². The number of hydrogen-bond donors (Lipinski definition) is 0. The summed E-state index contributed by atoms with van der Waals surface area (Å²) in [5.74, 6) is -0.823. The third-order valence-electron chi connectivity index (χ3n) is 7.12. The van der Waals surface area contributed by atoms with Crippen molar-refractivity contribution in [3.05, 3.63) is 99.1 Å². The van der Waals surface area contributed by atoms with Gasteiger partial charge in [-0.2, -0.15) is 4.39 Å². The molecule has 1 aromatic heterocycles. The maximum Gasteiger partial charge on any atom is 0.258 e. The third-order valence-corrected chi connectivity index (χ3v) is 7.86. The second-order valence-corrected chi connectivity index (χ2v) is 10.3. The van der Waals surface area contributed by atoms with E-state index in [4.69, 9.17) is 23.2 Å². The van der Waals surface area contributed by atoms with Gasteiger partial charge in [-0.05, 0) is 68.2 Å². The maximum atomic E-state index is 13.7. The molecule has 0 aliphatic carbocycles. The van der Waals surface area contributed by atoms with Crippen molar-refractivity contribution in [2.45, 2.75) is 25.2 Å². The maximum absolute atomic E-state index is 13.7. The lowest BCUT2D eigenvalue weighted by Crippen LogP contribution is -2.46. The first kappa shape index (κ1) is 24.0. The van der Waals surface area contributed by atoms with E-state index in [1.165, 1.54) is 23.4 Å². The average Bonchev–Trinajstić information content (AvgIpc) is 3.15. The zero-order valence-corrected chi connectivity index (χ0v) is 21.0. The summed E-state index contributed by atoms with van der Waals surface area (Å²) < 4.78 is 13.7. The normalized spacial score (nSPS) is 17.3. The molecule has 2 aromatic carbocycles. The van der Waals surface area contributed by atoms with Crippen molar-refractivity contribution in [2.24, 2.45) is 0 Å². The highest BCUT2D eigenvalue weighted by Crippen LogP contribution is 2.47. The molecule has 0 saturated carbocycles. The van der Waals surface area contributed by atoms with Gasteiger partial charge in [0, 0.05) is 42.0 Å². The predicted molar refractivity (Wildman–Crippen MR) is 140 cm³/mol. The molecule has 35 heavy (non-hydrogen) atoms. The first-order chi connectivity index (χ1) is 16.8. The van der Waals surface area contributed by atoms with Gasteiger partial charge >= 0.3 is 0 Å². The van der Waals surface area contributed by atoms with Crippen LogP contribution in [0, 0.1) is 12.9 Å². The molecule has 5 rings (SSSR count). The van der Waals surface area contributed by atoms with Crippen LogP contribution >= 0.6 is 23.2 Å². The van der Waals surface area contributed by atoms with E-state index in [0.717, 1.165) is 43.7 Å². The molecule has 0 atom stereocenters. The van der Waals surface area contributed by atoms with Gasteiger partial charge in [-0.25, -0.2) is 4.98 Å². The molecule has 1 saturated heterocycles. The van der Waals surface area contributed by atoms with Crippen LogP contribution in [-0.4, -0.2) is 42.0 Å². The number of carbonyl (C=O) groups excluding carboxylic acids is 1. The van der Waals surface area contributed by atoms with Gasteiger partial charge in [0.15, 0.2) is 0 Å². The summed E-state index contributed by atoms with van der Waals surface area (Å²) in [5.41, 5.74) is 4.60. The number of amides is 1. The Balaban J connectivity index is 1.31. The molecule has 1 amide bonds. The summed E-state index contributed by atoms with van der Waals surface area (Å²) >= 11 is 12.1. The van der Waals surface area contributed by atoms with Crippen LogP contribution < -0.4 is 4.90 Å². The van der Waals surface area contributed by atoms with Crippen molar-refractivity contribution < 1.29 is 9.18 Å². The summed E-state index contributed by atoms with van der Waals surface area (Å²) in [7, 11) is 0. The van der Waals surface area contributed by atoms with Crippen LogP contribution in [0.2, 0.25) is 10.0 Å². The Bertz CT molecular complexity index is 1300. The Hall–Kier alpha value is -2.73. The minimum Gasteiger partial charge on any atom is -0.307 e. The number of halogens is 3. The largest absolute Gasteiger partial charge is 0.307 e. The Morgan fingerprint density at radius 3 is 2.63 bits per heavy atom. The molecule has 3 heterocycles. The molecule has 0 unspecified atom stereocenters. The van der Waals surface area contributed by atoms with Crippen LogP contribution in [0.15, 0.2) is 60.8 Å². The molecule has 7 heteroatoms. The van der Waals surface area contributed by atoms with Crippen molar-refractivity contribution in [1.82, 2.24) is 9.88 Å². The van der Waals surface area contributed by atoms with Crippen LogP contribution in [0.1, 0.15) is 39.9 Å². The summed E-state index contributed by atoms with van der Waals surface area (Å²) in [6, 6.07) is 14.7. The summed E-state index contributed by atoms with van der Waals surface area (Å²) in [5, 5.41) is 1.11. The number of benzene rings is 2. The quantitative estimate of drug-likeness (QED) is 0.374. The molecule has 4 nitrogen and oxygen atoms in total. The number of fused-ring (bicyclic) bond motifs is 2. The van der Waals surface area contributed by atoms with Gasteiger partial charge in [-0.3, -0.25) is 9.69 Å². The minimum atomic E-state index is -0.642. The number of aromatic nitrogens is 1. The second-order valence-electron chi connectivity index (χ2n) is 9.44. The van der Waals surface area contributed by atoms with E-state index >= 15 is 0 Å². The fourth-order valence-corrected chi connectivity index (χ4v) is 5.51. The topological polar surface area (TPSA) is 36.4 Å². The monoisotopic (exact) mass is 509 g/mol. The zero-order valence-electron chi connectivity index (χ0n) is 19.5. The van der Waals surface area contributed by atoms with Gasteiger partial charge in [-0.1, -0.05) is 59.1 Å². The fraction of sp³-hybridized carbons (Fsp3) is 0.286. The molecule has 0 bridgehead atoms. The number of piperidine rings is 1. The van der Waals surface area contributed by atoms with E-state index < -0.39 is 5.95 Å². The van der Waals surface area contributed by atoms with Gasteiger partial charge < -0.3 is 4.90 Å². The van der Waals surface area contributed by atoms with E-state index in [1.807, 2.05) is 29.2 Å². The molecule has 0 radical (unpaired) electrons.